The summed E-state index contributed by atoms with van der Waals surface area (Å²) in [6, 6.07) is 3.04. The largest absolute Gasteiger partial charge is 0.251 e. The topological polar surface area (TPSA) is 0 Å². The molecule has 3 heteroatoms. The summed E-state index contributed by atoms with van der Waals surface area (Å²) in [5, 5.41) is 0. The van der Waals surface area contributed by atoms with Crippen LogP contribution in [0.5, 0.6) is 0 Å². The van der Waals surface area contributed by atoms with Crippen molar-refractivity contribution in [2.24, 2.45) is 5.92 Å². The number of unbranched alkanes of at least 4 members (excludes halogenated alkanes) is 4. The second-order valence-electron chi connectivity index (χ2n) is 7.07. The third-order valence-corrected chi connectivity index (χ3v) is 5.37. The molecule has 0 bridgehead atoms. The van der Waals surface area contributed by atoms with Crippen molar-refractivity contribution >= 4 is 0 Å². The van der Waals surface area contributed by atoms with E-state index in [2.05, 4.69) is 0 Å². The Morgan fingerprint density at radius 2 is 1.43 bits per heavy atom. The molecule has 0 spiro atoms. The highest BCUT2D eigenvalue weighted by Gasteiger charge is 2.23. The van der Waals surface area contributed by atoms with E-state index in [4.69, 9.17) is 0 Å². The van der Waals surface area contributed by atoms with E-state index in [-0.39, 0.29) is 12.2 Å². The summed E-state index contributed by atoms with van der Waals surface area (Å²) in [6.07, 6.45) is 10.9. The number of rotatable bonds is 8. The summed E-state index contributed by atoms with van der Waals surface area (Å²) in [5.41, 5.74) is 0.950. The van der Waals surface area contributed by atoms with Gasteiger partial charge >= 0.3 is 0 Å². The lowest BCUT2D eigenvalue weighted by atomic mass is 9.77. The third-order valence-electron chi connectivity index (χ3n) is 5.37. The molecular weight excluding hydrogens is 297 g/mol. The SMILES string of the molecule is Cc1c(F)cc(C2CCC(CCCCCCCF)CC2)cc1F. The number of halogens is 3. The Morgan fingerprint density at radius 3 is 2.04 bits per heavy atom. The van der Waals surface area contributed by atoms with Crippen molar-refractivity contribution in [3.8, 4) is 0 Å². The molecule has 0 aliphatic heterocycles. The lowest BCUT2D eigenvalue weighted by Gasteiger charge is -2.29. The Hall–Kier alpha value is -0.990. The molecule has 0 heterocycles. The fourth-order valence-electron chi connectivity index (χ4n) is 3.74. The molecule has 1 saturated carbocycles. The minimum atomic E-state index is -0.421. The molecule has 0 saturated heterocycles. The maximum Gasteiger partial charge on any atom is 0.129 e. The van der Waals surface area contributed by atoms with Crippen LogP contribution in [-0.2, 0) is 0 Å². The highest BCUT2D eigenvalue weighted by molar-refractivity contribution is 5.28. The van der Waals surface area contributed by atoms with E-state index in [1.807, 2.05) is 0 Å². The molecule has 1 aliphatic rings. The molecule has 1 aliphatic carbocycles. The van der Waals surface area contributed by atoms with Crippen LogP contribution in [0.4, 0.5) is 13.2 Å². The van der Waals surface area contributed by atoms with Gasteiger partial charge in [-0.25, -0.2) is 8.78 Å². The molecule has 130 valence electrons. The normalized spacial score (nSPS) is 21.6. The highest BCUT2D eigenvalue weighted by atomic mass is 19.1. The van der Waals surface area contributed by atoms with Gasteiger partial charge in [-0.05, 0) is 68.6 Å². The summed E-state index contributed by atoms with van der Waals surface area (Å²) in [5.74, 6) is 0.221. The van der Waals surface area contributed by atoms with E-state index in [0.717, 1.165) is 50.0 Å². The maximum atomic E-state index is 13.7. The molecule has 0 atom stereocenters. The molecule has 23 heavy (non-hydrogen) atoms. The molecule has 1 fully saturated rings. The summed E-state index contributed by atoms with van der Waals surface area (Å²) < 4.78 is 39.4. The second kappa shape index (κ2) is 9.34. The third kappa shape index (κ3) is 5.54. The van der Waals surface area contributed by atoms with Gasteiger partial charge in [0.15, 0.2) is 0 Å². The van der Waals surface area contributed by atoms with Gasteiger partial charge in [0, 0.05) is 5.56 Å². The van der Waals surface area contributed by atoms with Crippen LogP contribution in [-0.4, -0.2) is 6.67 Å². The Morgan fingerprint density at radius 1 is 0.870 bits per heavy atom. The zero-order valence-corrected chi connectivity index (χ0v) is 14.2. The van der Waals surface area contributed by atoms with Crippen LogP contribution in [0, 0.1) is 24.5 Å². The van der Waals surface area contributed by atoms with Gasteiger partial charge in [-0.1, -0.05) is 32.1 Å². The van der Waals surface area contributed by atoms with Gasteiger partial charge in [0.2, 0.25) is 0 Å². The molecule has 2 rings (SSSR count). The van der Waals surface area contributed by atoms with Crippen molar-refractivity contribution in [3.05, 3.63) is 34.9 Å². The van der Waals surface area contributed by atoms with Gasteiger partial charge in [-0.15, -0.1) is 0 Å². The Labute approximate surface area is 138 Å². The first-order chi connectivity index (χ1) is 11.1. The second-order valence-corrected chi connectivity index (χ2v) is 7.07. The Kier molecular flexibility index (Phi) is 7.45. The van der Waals surface area contributed by atoms with Crippen molar-refractivity contribution in [2.45, 2.75) is 77.0 Å². The maximum absolute atomic E-state index is 13.7. The monoisotopic (exact) mass is 326 g/mol. The molecule has 0 aromatic heterocycles. The van der Waals surface area contributed by atoms with Gasteiger partial charge in [-0.3, -0.25) is 4.39 Å². The molecule has 1 aromatic rings. The number of hydrogen-bond acceptors (Lipinski definition) is 0. The molecule has 0 unspecified atom stereocenters. The van der Waals surface area contributed by atoms with E-state index in [1.165, 1.54) is 38.3 Å². The average Bonchev–Trinajstić information content (AvgIpc) is 2.56. The first kappa shape index (κ1) is 18.4. The summed E-state index contributed by atoms with van der Waals surface area (Å²) >= 11 is 0. The molecule has 0 radical (unpaired) electrons. The van der Waals surface area contributed by atoms with Crippen LogP contribution >= 0.6 is 0 Å². The molecule has 1 aromatic carbocycles. The van der Waals surface area contributed by atoms with Gasteiger partial charge in [0.1, 0.15) is 11.6 Å². The lowest BCUT2D eigenvalue weighted by molar-refractivity contribution is 0.300. The van der Waals surface area contributed by atoms with Gasteiger partial charge in [0.05, 0.1) is 6.67 Å². The zero-order valence-electron chi connectivity index (χ0n) is 14.2. The molecule has 0 nitrogen and oxygen atoms in total. The van der Waals surface area contributed by atoms with Crippen LogP contribution in [0.1, 0.15) is 81.3 Å². The quantitative estimate of drug-likeness (QED) is 0.458. The molecule has 0 N–H and O–H groups in total. The first-order valence-electron chi connectivity index (χ1n) is 9.13. The van der Waals surface area contributed by atoms with Gasteiger partial charge in [0.25, 0.3) is 0 Å². The Balaban J connectivity index is 1.72. The standard InChI is InChI=1S/C20H29F3/c1-15-19(22)13-18(14-20(15)23)17-10-8-16(9-11-17)7-5-3-2-4-6-12-21/h13-14,16-17H,2-12H2,1H3. The first-order valence-corrected chi connectivity index (χ1v) is 9.13. The highest BCUT2D eigenvalue weighted by Crippen LogP contribution is 2.38. The number of alkyl halides is 1. The van der Waals surface area contributed by atoms with Crippen LogP contribution < -0.4 is 0 Å². The number of benzene rings is 1. The molecular formula is C20H29F3. The minimum Gasteiger partial charge on any atom is -0.251 e. The van der Waals surface area contributed by atoms with Crippen molar-refractivity contribution in [1.29, 1.82) is 0 Å². The van der Waals surface area contributed by atoms with E-state index in [0.29, 0.717) is 12.3 Å². The van der Waals surface area contributed by atoms with Gasteiger partial charge in [-0.2, -0.15) is 0 Å². The van der Waals surface area contributed by atoms with E-state index in [1.54, 1.807) is 0 Å². The fraction of sp³-hybridized carbons (Fsp3) is 0.700. The van der Waals surface area contributed by atoms with Crippen LogP contribution in [0.2, 0.25) is 0 Å². The van der Waals surface area contributed by atoms with Crippen molar-refractivity contribution < 1.29 is 13.2 Å². The van der Waals surface area contributed by atoms with Crippen molar-refractivity contribution in [1.82, 2.24) is 0 Å². The fourth-order valence-corrected chi connectivity index (χ4v) is 3.74. The summed E-state index contributed by atoms with van der Waals surface area (Å²) in [7, 11) is 0. The van der Waals surface area contributed by atoms with Crippen LogP contribution in [0.3, 0.4) is 0 Å². The van der Waals surface area contributed by atoms with Crippen LogP contribution in [0.15, 0.2) is 12.1 Å². The minimum absolute atomic E-state index is 0.121. The van der Waals surface area contributed by atoms with Crippen molar-refractivity contribution in [3.63, 3.8) is 0 Å². The molecule has 0 amide bonds. The predicted molar refractivity (Wildman–Crippen MR) is 89.5 cm³/mol. The van der Waals surface area contributed by atoms with Crippen molar-refractivity contribution in [2.75, 3.05) is 6.67 Å². The van der Waals surface area contributed by atoms with Crippen LogP contribution in [0.25, 0.3) is 0 Å². The van der Waals surface area contributed by atoms with E-state index < -0.39 is 11.6 Å². The summed E-state index contributed by atoms with van der Waals surface area (Å²) in [4.78, 5) is 0. The average molecular weight is 326 g/mol. The Bertz CT molecular complexity index is 453. The van der Waals surface area contributed by atoms with Gasteiger partial charge < -0.3 is 0 Å². The number of hydrogen-bond donors (Lipinski definition) is 0. The van der Waals surface area contributed by atoms with E-state index in [9.17, 15) is 13.2 Å². The predicted octanol–water partition coefficient (Wildman–Crippen LogP) is 6.86. The summed E-state index contributed by atoms with van der Waals surface area (Å²) in [6.45, 7) is 1.29. The van der Waals surface area contributed by atoms with E-state index >= 15 is 0 Å². The zero-order chi connectivity index (χ0) is 16.7. The lowest BCUT2D eigenvalue weighted by Crippen LogP contribution is -2.14. The smallest absolute Gasteiger partial charge is 0.129 e.